The van der Waals surface area contributed by atoms with Crippen molar-refractivity contribution in [2.75, 3.05) is 13.2 Å². The van der Waals surface area contributed by atoms with Crippen LogP contribution < -0.4 is 0 Å². The van der Waals surface area contributed by atoms with Crippen LogP contribution >= 0.6 is 0 Å². The number of rotatable bonds is 36. The molecule has 0 rings (SSSR count). The topological polar surface area (TPSA) is 78.9 Å². The van der Waals surface area contributed by atoms with Crippen molar-refractivity contribution in [2.24, 2.45) is 0 Å². The first-order valence-corrected chi connectivity index (χ1v) is 21.4. The number of ether oxygens (including phenoxy) is 3. The summed E-state index contributed by atoms with van der Waals surface area (Å²) < 4.78 is 16.6. The maximum absolute atomic E-state index is 12.7. The maximum atomic E-state index is 12.7. The number of hydrogen-bond donors (Lipinski definition) is 0. The van der Waals surface area contributed by atoms with Crippen LogP contribution in [0.25, 0.3) is 0 Å². The summed E-state index contributed by atoms with van der Waals surface area (Å²) in [5.74, 6) is -1.06. The predicted molar refractivity (Wildman–Crippen MR) is 233 cm³/mol. The molecule has 55 heavy (non-hydrogen) atoms. The van der Waals surface area contributed by atoms with Gasteiger partial charge in [0.25, 0.3) is 0 Å². The number of hydrogen-bond acceptors (Lipinski definition) is 6. The fourth-order valence-electron chi connectivity index (χ4n) is 5.14. The Bertz CT molecular complexity index is 1200. The molecule has 0 fully saturated rings. The summed E-state index contributed by atoms with van der Waals surface area (Å²) in [5, 5.41) is 0. The Hall–Kier alpha value is -3.93. The van der Waals surface area contributed by atoms with Gasteiger partial charge in [0, 0.05) is 19.3 Å². The van der Waals surface area contributed by atoms with Crippen LogP contribution in [0.4, 0.5) is 0 Å². The lowest BCUT2D eigenvalue weighted by molar-refractivity contribution is -0.167. The summed E-state index contributed by atoms with van der Waals surface area (Å²) >= 11 is 0. The molecule has 0 N–H and O–H groups in total. The van der Waals surface area contributed by atoms with Crippen molar-refractivity contribution in [3.63, 3.8) is 0 Å². The van der Waals surface area contributed by atoms with E-state index < -0.39 is 6.10 Å². The molecule has 0 aliphatic rings. The molecule has 0 aromatic carbocycles. The molecular formula is C49H76O6. The van der Waals surface area contributed by atoms with Gasteiger partial charge in [0.05, 0.1) is 0 Å². The first-order valence-electron chi connectivity index (χ1n) is 21.4. The second kappa shape index (κ2) is 42.8. The molecule has 0 saturated heterocycles. The van der Waals surface area contributed by atoms with E-state index in [1.54, 1.807) is 0 Å². The lowest BCUT2D eigenvalue weighted by atomic mass is 10.1. The fourth-order valence-corrected chi connectivity index (χ4v) is 5.14. The molecular weight excluding hydrogens is 685 g/mol. The molecule has 0 aliphatic carbocycles. The molecule has 1 atom stereocenters. The van der Waals surface area contributed by atoms with Crippen LogP contribution in [-0.2, 0) is 28.6 Å². The van der Waals surface area contributed by atoms with Crippen LogP contribution in [0.1, 0.15) is 162 Å². The Morgan fingerprint density at radius 3 is 1.11 bits per heavy atom. The highest BCUT2D eigenvalue weighted by atomic mass is 16.6. The van der Waals surface area contributed by atoms with Crippen molar-refractivity contribution in [3.05, 3.63) is 109 Å². The highest BCUT2D eigenvalue weighted by Gasteiger charge is 2.19. The van der Waals surface area contributed by atoms with Gasteiger partial charge in [-0.05, 0) is 109 Å². The zero-order valence-electron chi connectivity index (χ0n) is 34.9. The van der Waals surface area contributed by atoms with E-state index in [9.17, 15) is 14.4 Å². The lowest BCUT2D eigenvalue weighted by Gasteiger charge is -2.18. The highest BCUT2D eigenvalue weighted by Crippen LogP contribution is 2.10. The lowest BCUT2D eigenvalue weighted by Crippen LogP contribution is -2.30. The molecule has 0 aromatic heterocycles. The number of esters is 3. The van der Waals surface area contributed by atoms with Crippen molar-refractivity contribution in [2.45, 2.75) is 168 Å². The first-order chi connectivity index (χ1) is 27.0. The van der Waals surface area contributed by atoms with Gasteiger partial charge in [-0.25, -0.2) is 0 Å². The van der Waals surface area contributed by atoms with E-state index in [1.807, 2.05) is 0 Å². The summed E-state index contributed by atoms with van der Waals surface area (Å²) in [6.07, 6.45) is 56.6. The van der Waals surface area contributed by atoms with Crippen molar-refractivity contribution in [1.29, 1.82) is 0 Å². The molecule has 0 aliphatic heterocycles. The predicted octanol–water partition coefficient (Wildman–Crippen LogP) is 13.6. The van der Waals surface area contributed by atoms with Gasteiger partial charge in [-0.3, -0.25) is 14.4 Å². The van der Waals surface area contributed by atoms with Gasteiger partial charge in [-0.1, -0.05) is 143 Å². The SMILES string of the molecule is CC/C=C\C/C=C\C/C=C\CCCCCCC(=O)OCC(COC(=O)CCC/C=C\C/C=C\C/C=C\CC)OC(=O)CCCC/C=C\C/C=C\C/C=C\CC. The molecule has 0 aromatic rings. The van der Waals surface area contributed by atoms with Crippen molar-refractivity contribution >= 4 is 17.9 Å². The second-order valence-corrected chi connectivity index (χ2v) is 13.5. The summed E-state index contributed by atoms with van der Waals surface area (Å²) in [7, 11) is 0. The molecule has 0 bridgehead atoms. The number of unbranched alkanes of at least 4 members (excludes halogenated alkanes) is 7. The minimum atomic E-state index is -0.826. The quantitative estimate of drug-likeness (QED) is 0.0274. The van der Waals surface area contributed by atoms with Crippen molar-refractivity contribution < 1.29 is 28.6 Å². The van der Waals surface area contributed by atoms with Crippen molar-refractivity contribution in [3.8, 4) is 0 Å². The van der Waals surface area contributed by atoms with Gasteiger partial charge in [-0.15, -0.1) is 0 Å². The summed E-state index contributed by atoms with van der Waals surface area (Å²) in [6, 6.07) is 0. The molecule has 1 unspecified atom stereocenters. The van der Waals surface area contributed by atoms with E-state index in [4.69, 9.17) is 14.2 Å². The largest absolute Gasteiger partial charge is 0.462 e. The molecule has 0 saturated carbocycles. The molecule has 308 valence electrons. The minimum absolute atomic E-state index is 0.124. The number of allylic oxidation sites excluding steroid dienone is 18. The van der Waals surface area contributed by atoms with Crippen LogP contribution in [0, 0.1) is 0 Å². The Labute approximate surface area is 336 Å². The molecule has 6 heteroatoms. The van der Waals surface area contributed by atoms with Crippen LogP contribution in [0.5, 0.6) is 0 Å². The Kier molecular flexibility index (Phi) is 39.7. The zero-order valence-corrected chi connectivity index (χ0v) is 34.9. The smallest absolute Gasteiger partial charge is 0.306 e. The van der Waals surface area contributed by atoms with E-state index in [2.05, 4.69) is 130 Å². The van der Waals surface area contributed by atoms with Gasteiger partial charge in [0.15, 0.2) is 6.10 Å². The average Bonchev–Trinajstić information content (AvgIpc) is 3.18. The monoisotopic (exact) mass is 761 g/mol. The summed E-state index contributed by atoms with van der Waals surface area (Å²) in [6.45, 7) is 6.14. The van der Waals surface area contributed by atoms with Gasteiger partial charge >= 0.3 is 17.9 Å². The second-order valence-electron chi connectivity index (χ2n) is 13.5. The van der Waals surface area contributed by atoms with Gasteiger partial charge in [0.1, 0.15) is 13.2 Å². The normalized spacial score (nSPS) is 13.1. The number of carbonyl (C=O) groups is 3. The van der Waals surface area contributed by atoms with Crippen LogP contribution in [-0.4, -0.2) is 37.2 Å². The van der Waals surface area contributed by atoms with E-state index in [-0.39, 0.29) is 44.0 Å². The first kappa shape index (κ1) is 51.1. The van der Waals surface area contributed by atoms with Gasteiger partial charge in [-0.2, -0.15) is 0 Å². The third-order valence-corrected chi connectivity index (χ3v) is 8.25. The van der Waals surface area contributed by atoms with E-state index in [0.717, 1.165) is 109 Å². The molecule has 0 radical (unpaired) electrons. The molecule has 0 heterocycles. The van der Waals surface area contributed by atoms with Crippen LogP contribution in [0.3, 0.4) is 0 Å². The molecule has 0 spiro atoms. The van der Waals surface area contributed by atoms with E-state index in [1.165, 1.54) is 0 Å². The van der Waals surface area contributed by atoms with Gasteiger partial charge in [0.2, 0.25) is 0 Å². The molecule has 6 nitrogen and oxygen atoms in total. The third-order valence-electron chi connectivity index (χ3n) is 8.25. The Morgan fingerprint density at radius 1 is 0.364 bits per heavy atom. The minimum Gasteiger partial charge on any atom is -0.462 e. The van der Waals surface area contributed by atoms with Crippen LogP contribution in [0.2, 0.25) is 0 Å². The maximum Gasteiger partial charge on any atom is 0.306 e. The Morgan fingerprint density at radius 2 is 0.673 bits per heavy atom. The Balaban J connectivity index is 4.57. The summed E-state index contributed by atoms with van der Waals surface area (Å²) in [4.78, 5) is 37.6. The van der Waals surface area contributed by atoms with E-state index in [0.29, 0.717) is 19.3 Å². The fraction of sp³-hybridized carbons (Fsp3) is 0.571. The molecule has 0 amide bonds. The zero-order chi connectivity index (χ0) is 40.1. The van der Waals surface area contributed by atoms with Crippen LogP contribution in [0.15, 0.2) is 109 Å². The third kappa shape index (κ3) is 41.1. The van der Waals surface area contributed by atoms with E-state index >= 15 is 0 Å². The van der Waals surface area contributed by atoms with Gasteiger partial charge < -0.3 is 14.2 Å². The van der Waals surface area contributed by atoms with Crippen molar-refractivity contribution in [1.82, 2.24) is 0 Å². The highest BCUT2D eigenvalue weighted by molar-refractivity contribution is 5.71. The number of carbonyl (C=O) groups excluding carboxylic acids is 3. The summed E-state index contributed by atoms with van der Waals surface area (Å²) in [5.41, 5.74) is 0. The average molecular weight is 761 g/mol. The standard InChI is InChI=1S/C49H76O6/c1-4-7-10-13-16-19-22-24-25-28-30-33-36-39-42-48(51)54-45-46(44-53-47(50)41-38-35-32-29-26-21-18-15-12-9-6-3)55-49(52)43-40-37-34-31-27-23-20-17-14-11-8-5-2/h7-12,16-21,24-25,27,29,31-32,46H,4-6,13-15,22-23,26,28,30,33-45H2,1-3H3/b10-7-,11-8-,12-9-,19-16-,20-17-,21-18-,25-24-,31-27-,32-29-.